The quantitative estimate of drug-likeness (QED) is 0.762. The normalized spacial score (nSPS) is 30.1. The van der Waals surface area contributed by atoms with Gasteiger partial charge in [0.15, 0.2) is 0 Å². The fourth-order valence-electron chi connectivity index (χ4n) is 3.06. The summed E-state index contributed by atoms with van der Waals surface area (Å²) in [7, 11) is 0. The van der Waals surface area contributed by atoms with Crippen LogP contribution in [0.15, 0.2) is 0 Å². The first-order valence-electron chi connectivity index (χ1n) is 6.86. The maximum atomic E-state index is 12.1. The molecule has 2 fully saturated rings. The lowest BCUT2D eigenvalue weighted by Crippen LogP contribution is -2.45. The van der Waals surface area contributed by atoms with Crippen LogP contribution in [0.25, 0.3) is 0 Å². The van der Waals surface area contributed by atoms with Gasteiger partial charge in [0.05, 0.1) is 19.2 Å². The average molecular weight is 240 g/mol. The van der Waals surface area contributed by atoms with E-state index in [4.69, 9.17) is 0 Å². The number of nitrogens with one attached hydrogen (secondary N) is 1. The number of likely N-dealkylation sites (tertiary alicyclic amines) is 1. The smallest absolute Gasteiger partial charge is 0.236 e. The van der Waals surface area contributed by atoms with Crippen LogP contribution in [0.3, 0.4) is 0 Å². The molecule has 1 amide bonds. The summed E-state index contributed by atoms with van der Waals surface area (Å²) >= 11 is 0. The first-order valence-corrected chi connectivity index (χ1v) is 6.86. The lowest BCUT2D eigenvalue weighted by atomic mass is 10.0. The summed E-state index contributed by atoms with van der Waals surface area (Å²) < 4.78 is 0. The van der Waals surface area contributed by atoms with Crippen LogP contribution in [0.5, 0.6) is 0 Å². The van der Waals surface area contributed by atoms with E-state index in [2.05, 4.69) is 12.2 Å². The molecule has 2 atom stereocenters. The topological polar surface area (TPSA) is 52.6 Å². The molecule has 98 valence electrons. The second kappa shape index (κ2) is 5.83. The summed E-state index contributed by atoms with van der Waals surface area (Å²) in [5, 5.41) is 12.7. The highest BCUT2D eigenvalue weighted by Crippen LogP contribution is 2.23. The van der Waals surface area contributed by atoms with Crippen LogP contribution in [0, 0.1) is 5.92 Å². The molecule has 0 bridgehead atoms. The fraction of sp³-hybridized carbons (Fsp3) is 0.923. The zero-order valence-corrected chi connectivity index (χ0v) is 10.7. The zero-order chi connectivity index (χ0) is 12.3. The van der Waals surface area contributed by atoms with Crippen molar-refractivity contribution in [2.75, 3.05) is 19.7 Å². The minimum Gasteiger partial charge on any atom is -0.394 e. The average Bonchev–Trinajstić information content (AvgIpc) is 2.94. The summed E-state index contributed by atoms with van der Waals surface area (Å²) in [4.78, 5) is 13.9. The molecule has 4 nitrogen and oxygen atoms in total. The van der Waals surface area contributed by atoms with Gasteiger partial charge in [-0.05, 0) is 25.2 Å². The van der Waals surface area contributed by atoms with Crippen LogP contribution in [0.4, 0.5) is 0 Å². The number of aliphatic hydroxyl groups is 1. The number of carbonyl (C=O) groups is 1. The maximum Gasteiger partial charge on any atom is 0.236 e. The summed E-state index contributed by atoms with van der Waals surface area (Å²) in [6.45, 7) is 3.44. The number of hydrogen-bond acceptors (Lipinski definition) is 3. The molecule has 0 spiro atoms. The highest BCUT2D eigenvalue weighted by molar-refractivity contribution is 5.79. The van der Waals surface area contributed by atoms with Gasteiger partial charge in [0.1, 0.15) is 0 Å². The van der Waals surface area contributed by atoms with Crippen molar-refractivity contribution in [1.29, 1.82) is 0 Å². The molecule has 1 aliphatic heterocycles. The van der Waals surface area contributed by atoms with Crippen LogP contribution < -0.4 is 5.32 Å². The van der Waals surface area contributed by atoms with Gasteiger partial charge in [-0.15, -0.1) is 0 Å². The van der Waals surface area contributed by atoms with Crippen molar-refractivity contribution in [2.24, 2.45) is 5.92 Å². The number of nitrogens with zero attached hydrogens (tertiary/aromatic N) is 1. The Bertz CT molecular complexity index is 264. The number of hydrogen-bond donors (Lipinski definition) is 2. The van der Waals surface area contributed by atoms with E-state index in [-0.39, 0.29) is 18.6 Å². The van der Waals surface area contributed by atoms with E-state index in [0.29, 0.717) is 18.5 Å². The van der Waals surface area contributed by atoms with Crippen molar-refractivity contribution in [2.45, 2.75) is 51.1 Å². The van der Waals surface area contributed by atoms with Gasteiger partial charge in [0, 0.05) is 12.6 Å². The molecule has 0 aromatic heterocycles. The Morgan fingerprint density at radius 2 is 2.06 bits per heavy atom. The Hall–Kier alpha value is -0.610. The molecule has 1 saturated carbocycles. The van der Waals surface area contributed by atoms with Crippen molar-refractivity contribution in [3.05, 3.63) is 0 Å². The molecule has 4 heteroatoms. The van der Waals surface area contributed by atoms with Crippen LogP contribution in [0.2, 0.25) is 0 Å². The summed E-state index contributed by atoms with van der Waals surface area (Å²) in [6.07, 6.45) is 5.98. The SMILES string of the molecule is CC1CCN(C(=O)CNC2CCCC2)C1CO. The Kier molecular flexibility index (Phi) is 4.40. The van der Waals surface area contributed by atoms with Gasteiger partial charge in [-0.3, -0.25) is 4.79 Å². The third kappa shape index (κ3) is 2.99. The maximum absolute atomic E-state index is 12.1. The van der Waals surface area contributed by atoms with Gasteiger partial charge >= 0.3 is 0 Å². The lowest BCUT2D eigenvalue weighted by Gasteiger charge is -2.26. The van der Waals surface area contributed by atoms with Crippen LogP contribution in [-0.4, -0.2) is 47.7 Å². The molecule has 0 radical (unpaired) electrons. The molecule has 0 aromatic carbocycles. The van der Waals surface area contributed by atoms with Crippen LogP contribution in [0.1, 0.15) is 39.0 Å². The van der Waals surface area contributed by atoms with Gasteiger partial charge < -0.3 is 15.3 Å². The highest BCUT2D eigenvalue weighted by atomic mass is 16.3. The van der Waals surface area contributed by atoms with E-state index in [0.717, 1.165) is 13.0 Å². The number of carbonyl (C=O) groups excluding carboxylic acids is 1. The molecule has 2 N–H and O–H groups in total. The number of amides is 1. The van der Waals surface area contributed by atoms with Crippen LogP contribution in [-0.2, 0) is 4.79 Å². The number of aliphatic hydroxyl groups excluding tert-OH is 1. The minimum atomic E-state index is 0.0351. The van der Waals surface area contributed by atoms with E-state index >= 15 is 0 Å². The predicted octanol–water partition coefficient (Wildman–Crippen LogP) is 0.748. The molecule has 17 heavy (non-hydrogen) atoms. The second-order valence-corrected chi connectivity index (χ2v) is 5.47. The fourth-order valence-corrected chi connectivity index (χ4v) is 3.06. The highest BCUT2D eigenvalue weighted by Gasteiger charge is 2.33. The molecule has 0 aromatic rings. The van der Waals surface area contributed by atoms with E-state index in [9.17, 15) is 9.90 Å². The minimum absolute atomic E-state index is 0.0351. The van der Waals surface area contributed by atoms with Gasteiger partial charge in [0.25, 0.3) is 0 Å². The Balaban J connectivity index is 1.78. The Labute approximate surface area is 103 Å². The molecule has 1 heterocycles. The van der Waals surface area contributed by atoms with Crippen molar-refractivity contribution in [3.63, 3.8) is 0 Å². The summed E-state index contributed by atoms with van der Waals surface area (Å²) in [5.41, 5.74) is 0. The largest absolute Gasteiger partial charge is 0.394 e. The first kappa shape index (κ1) is 12.8. The Morgan fingerprint density at radius 1 is 1.35 bits per heavy atom. The van der Waals surface area contributed by atoms with Crippen molar-refractivity contribution in [1.82, 2.24) is 10.2 Å². The lowest BCUT2D eigenvalue weighted by molar-refractivity contribution is -0.132. The molecule has 2 rings (SSSR count). The summed E-state index contributed by atoms with van der Waals surface area (Å²) in [6, 6.07) is 0.569. The molecule has 1 aliphatic carbocycles. The predicted molar refractivity (Wildman–Crippen MR) is 66.6 cm³/mol. The zero-order valence-electron chi connectivity index (χ0n) is 10.7. The van der Waals surface area contributed by atoms with Crippen LogP contribution >= 0.6 is 0 Å². The van der Waals surface area contributed by atoms with Crippen molar-refractivity contribution in [3.8, 4) is 0 Å². The molecular formula is C13H24N2O2. The van der Waals surface area contributed by atoms with Gasteiger partial charge in [-0.1, -0.05) is 19.8 Å². The third-order valence-corrected chi connectivity index (χ3v) is 4.29. The van der Waals surface area contributed by atoms with Crippen molar-refractivity contribution >= 4 is 5.91 Å². The molecule has 1 saturated heterocycles. The van der Waals surface area contributed by atoms with Gasteiger partial charge in [0.2, 0.25) is 5.91 Å². The third-order valence-electron chi connectivity index (χ3n) is 4.29. The van der Waals surface area contributed by atoms with E-state index < -0.39 is 0 Å². The van der Waals surface area contributed by atoms with Gasteiger partial charge in [-0.25, -0.2) is 0 Å². The van der Waals surface area contributed by atoms with E-state index in [1.807, 2.05) is 4.90 Å². The van der Waals surface area contributed by atoms with Gasteiger partial charge in [-0.2, -0.15) is 0 Å². The monoisotopic (exact) mass is 240 g/mol. The van der Waals surface area contributed by atoms with E-state index in [1.165, 1.54) is 25.7 Å². The molecule has 2 aliphatic rings. The Morgan fingerprint density at radius 3 is 2.71 bits per heavy atom. The van der Waals surface area contributed by atoms with E-state index in [1.54, 1.807) is 0 Å². The summed E-state index contributed by atoms with van der Waals surface area (Å²) in [5.74, 6) is 0.579. The number of rotatable bonds is 4. The standard InChI is InChI=1S/C13H24N2O2/c1-10-6-7-15(12(10)9-16)13(17)8-14-11-4-2-3-5-11/h10-12,14,16H,2-9H2,1H3. The van der Waals surface area contributed by atoms with Crippen molar-refractivity contribution < 1.29 is 9.90 Å². The first-order chi connectivity index (χ1) is 8.22. The second-order valence-electron chi connectivity index (χ2n) is 5.47. The molecular weight excluding hydrogens is 216 g/mol. The molecule has 2 unspecified atom stereocenters.